The van der Waals surface area contributed by atoms with Gasteiger partial charge in [0.25, 0.3) is 5.91 Å². The number of halogens is 1. The van der Waals surface area contributed by atoms with Gasteiger partial charge in [0.15, 0.2) is 0 Å². The molecular formula is C27H32FN3O2. The Hall–Kier alpha value is -3.12. The molecule has 0 saturated carbocycles. The first kappa shape index (κ1) is 23.1. The van der Waals surface area contributed by atoms with Crippen molar-refractivity contribution in [3.63, 3.8) is 0 Å². The zero-order chi connectivity index (χ0) is 23.5. The molecule has 5 nitrogen and oxygen atoms in total. The number of anilines is 2. The zero-order valence-corrected chi connectivity index (χ0v) is 19.8. The molecule has 174 valence electrons. The molecule has 1 aliphatic heterocycles. The number of benzene rings is 2. The summed E-state index contributed by atoms with van der Waals surface area (Å²) in [4.78, 5) is 15.8. The Kier molecular flexibility index (Phi) is 6.84. The summed E-state index contributed by atoms with van der Waals surface area (Å²) >= 11 is 0. The van der Waals surface area contributed by atoms with Crippen molar-refractivity contribution in [2.75, 3.05) is 36.5 Å². The predicted molar refractivity (Wildman–Crippen MR) is 131 cm³/mol. The number of nitrogens with zero attached hydrogens (tertiary/aromatic N) is 2. The lowest BCUT2D eigenvalue weighted by Gasteiger charge is -2.29. The Morgan fingerprint density at radius 2 is 1.67 bits per heavy atom. The minimum Gasteiger partial charge on any atom is -0.378 e. The zero-order valence-electron chi connectivity index (χ0n) is 19.8. The summed E-state index contributed by atoms with van der Waals surface area (Å²) in [5.74, 6) is 0.0224. The highest BCUT2D eigenvalue weighted by atomic mass is 19.1. The van der Waals surface area contributed by atoms with E-state index in [1.54, 1.807) is 12.1 Å². The van der Waals surface area contributed by atoms with Crippen LogP contribution in [0.25, 0.3) is 0 Å². The Morgan fingerprint density at radius 3 is 2.27 bits per heavy atom. The molecule has 0 bridgehead atoms. The summed E-state index contributed by atoms with van der Waals surface area (Å²) in [6.45, 7) is 11.8. The molecule has 1 N–H and O–H groups in total. The van der Waals surface area contributed by atoms with Gasteiger partial charge in [-0.2, -0.15) is 0 Å². The van der Waals surface area contributed by atoms with E-state index in [1.807, 2.05) is 23.6 Å². The van der Waals surface area contributed by atoms with Crippen molar-refractivity contribution < 1.29 is 13.9 Å². The van der Waals surface area contributed by atoms with Crippen LogP contribution in [0.4, 0.5) is 15.8 Å². The summed E-state index contributed by atoms with van der Waals surface area (Å²) in [6, 6.07) is 14.5. The van der Waals surface area contributed by atoms with E-state index in [2.05, 4.69) is 43.1 Å². The van der Waals surface area contributed by atoms with Crippen LogP contribution in [0.5, 0.6) is 0 Å². The van der Waals surface area contributed by atoms with Crippen LogP contribution in [0.3, 0.4) is 0 Å². The molecule has 0 radical (unpaired) electrons. The van der Waals surface area contributed by atoms with E-state index in [9.17, 15) is 9.18 Å². The lowest BCUT2D eigenvalue weighted by atomic mass is 10.0. The largest absolute Gasteiger partial charge is 0.378 e. The fourth-order valence-electron chi connectivity index (χ4n) is 4.54. The molecule has 0 atom stereocenters. The van der Waals surface area contributed by atoms with Crippen LogP contribution in [0, 0.1) is 19.7 Å². The lowest BCUT2D eigenvalue weighted by molar-refractivity contribution is 0.101. The minimum atomic E-state index is -0.268. The number of carbonyl (C=O) groups excluding carboxylic acids is 1. The van der Waals surface area contributed by atoms with Crippen molar-refractivity contribution in [2.24, 2.45) is 0 Å². The summed E-state index contributed by atoms with van der Waals surface area (Å²) in [6.07, 6.45) is 0. The van der Waals surface area contributed by atoms with Crippen LogP contribution in [-0.2, 0) is 11.3 Å². The van der Waals surface area contributed by atoms with Crippen molar-refractivity contribution in [3.05, 3.63) is 82.4 Å². The second kappa shape index (κ2) is 9.79. The third-order valence-corrected chi connectivity index (χ3v) is 6.36. The molecule has 0 spiro atoms. The fraction of sp³-hybridized carbons (Fsp3) is 0.370. The molecule has 0 unspecified atom stereocenters. The molecule has 2 heterocycles. The van der Waals surface area contributed by atoms with Gasteiger partial charge in [0, 0.05) is 36.6 Å². The third kappa shape index (κ3) is 4.96. The average molecular weight is 450 g/mol. The van der Waals surface area contributed by atoms with E-state index in [4.69, 9.17) is 4.74 Å². The highest BCUT2D eigenvalue weighted by Gasteiger charge is 2.27. The van der Waals surface area contributed by atoms with Crippen molar-refractivity contribution >= 4 is 17.3 Å². The third-order valence-electron chi connectivity index (χ3n) is 6.36. The predicted octanol–water partition coefficient (Wildman–Crippen LogP) is 5.50. The highest BCUT2D eigenvalue weighted by molar-refractivity contribution is 6.05. The monoisotopic (exact) mass is 449 g/mol. The number of rotatable bonds is 6. The van der Waals surface area contributed by atoms with E-state index in [1.165, 1.54) is 17.7 Å². The molecule has 33 heavy (non-hydrogen) atoms. The molecule has 4 rings (SSSR count). The second-order valence-electron chi connectivity index (χ2n) is 8.95. The number of hydrogen-bond donors (Lipinski definition) is 1. The van der Waals surface area contributed by atoms with Crippen LogP contribution in [0.1, 0.15) is 52.6 Å². The standard InChI is InChI=1S/C27H32FN3O2/c1-18(2)22-7-11-24(12-8-22)29-27(32)26-19(3)25(30-13-15-33-16-14-30)20(4)31(26)17-21-5-9-23(28)10-6-21/h5-12,18H,13-17H2,1-4H3,(H,29,32). The van der Waals surface area contributed by atoms with Gasteiger partial charge in [-0.15, -0.1) is 0 Å². The molecule has 1 fully saturated rings. The van der Waals surface area contributed by atoms with Crippen molar-refractivity contribution in [1.82, 2.24) is 4.57 Å². The highest BCUT2D eigenvalue weighted by Crippen LogP contribution is 2.33. The van der Waals surface area contributed by atoms with Gasteiger partial charge in [-0.05, 0) is 55.2 Å². The molecule has 3 aromatic rings. The summed E-state index contributed by atoms with van der Waals surface area (Å²) in [7, 11) is 0. The summed E-state index contributed by atoms with van der Waals surface area (Å²) in [5, 5.41) is 3.08. The van der Waals surface area contributed by atoms with Gasteiger partial charge in [0.2, 0.25) is 0 Å². The molecular weight excluding hydrogens is 417 g/mol. The molecule has 1 saturated heterocycles. The van der Waals surface area contributed by atoms with E-state index in [0.29, 0.717) is 31.4 Å². The van der Waals surface area contributed by atoms with Gasteiger partial charge in [-0.3, -0.25) is 4.79 Å². The number of hydrogen-bond acceptors (Lipinski definition) is 3. The van der Waals surface area contributed by atoms with Gasteiger partial charge >= 0.3 is 0 Å². The normalized spacial score (nSPS) is 14.1. The van der Waals surface area contributed by atoms with Gasteiger partial charge in [0.1, 0.15) is 11.5 Å². The first-order chi connectivity index (χ1) is 15.8. The Labute approximate surface area is 195 Å². The number of aromatic nitrogens is 1. The first-order valence-corrected chi connectivity index (χ1v) is 11.5. The topological polar surface area (TPSA) is 46.5 Å². The van der Waals surface area contributed by atoms with Crippen LogP contribution in [0.15, 0.2) is 48.5 Å². The van der Waals surface area contributed by atoms with Crippen LogP contribution < -0.4 is 10.2 Å². The number of morpholine rings is 1. The molecule has 1 amide bonds. The molecule has 1 aromatic heterocycles. The average Bonchev–Trinajstić information content (AvgIpc) is 3.05. The van der Waals surface area contributed by atoms with Gasteiger partial charge in [-0.1, -0.05) is 38.1 Å². The Balaban J connectivity index is 1.70. The smallest absolute Gasteiger partial charge is 0.272 e. The maximum Gasteiger partial charge on any atom is 0.272 e. The number of carbonyl (C=O) groups is 1. The summed E-state index contributed by atoms with van der Waals surface area (Å²) in [5.41, 5.74) is 6.63. The van der Waals surface area contributed by atoms with Crippen molar-refractivity contribution in [1.29, 1.82) is 0 Å². The fourth-order valence-corrected chi connectivity index (χ4v) is 4.54. The number of ether oxygens (including phenoxy) is 1. The summed E-state index contributed by atoms with van der Waals surface area (Å²) < 4.78 is 21.0. The molecule has 0 aliphatic carbocycles. The van der Waals surface area contributed by atoms with Crippen LogP contribution in [0.2, 0.25) is 0 Å². The number of nitrogens with one attached hydrogen (secondary N) is 1. The minimum absolute atomic E-state index is 0.144. The van der Waals surface area contributed by atoms with Crippen LogP contribution in [-0.4, -0.2) is 36.8 Å². The molecule has 1 aliphatic rings. The second-order valence-corrected chi connectivity index (χ2v) is 8.95. The van der Waals surface area contributed by atoms with Crippen molar-refractivity contribution in [2.45, 2.75) is 40.2 Å². The van der Waals surface area contributed by atoms with E-state index in [-0.39, 0.29) is 11.7 Å². The maximum absolute atomic E-state index is 13.5. The molecule has 6 heteroatoms. The lowest BCUT2D eigenvalue weighted by Crippen LogP contribution is -2.36. The van der Waals surface area contributed by atoms with E-state index >= 15 is 0 Å². The SMILES string of the molecule is Cc1c(N2CCOCC2)c(C)n(Cc2ccc(F)cc2)c1C(=O)Nc1ccc(C(C)C)cc1. The quantitative estimate of drug-likeness (QED) is 0.540. The first-order valence-electron chi connectivity index (χ1n) is 11.5. The van der Waals surface area contributed by atoms with E-state index < -0.39 is 0 Å². The van der Waals surface area contributed by atoms with Gasteiger partial charge in [-0.25, -0.2) is 4.39 Å². The van der Waals surface area contributed by atoms with E-state index in [0.717, 1.165) is 41.3 Å². The molecule has 2 aromatic carbocycles. The van der Waals surface area contributed by atoms with Gasteiger partial charge < -0.3 is 19.5 Å². The Bertz CT molecular complexity index is 1110. The maximum atomic E-state index is 13.5. The van der Waals surface area contributed by atoms with Crippen LogP contribution >= 0.6 is 0 Å². The number of amides is 1. The Morgan fingerprint density at radius 1 is 1.03 bits per heavy atom. The van der Waals surface area contributed by atoms with Gasteiger partial charge in [0.05, 0.1) is 18.9 Å². The van der Waals surface area contributed by atoms with Crippen molar-refractivity contribution in [3.8, 4) is 0 Å².